The third-order valence-electron chi connectivity index (χ3n) is 2.47. The molecule has 3 heteroatoms. The molecule has 16 heavy (non-hydrogen) atoms. The van der Waals surface area contributed by atoms with E-state index in [0.29, 0.717) is 0 Å². The van der Waals surface area contributed by atoms with Crippen molar-refractivity contribution >= 4 is 11.6 Å². The van der Waals surface area contributed by atoms with Crippen LogP contribution in [0.15, 0.2) is 18.2 Å². The van der Waals surface area contributed by atoms with E-state index in [0.717, 1.165) is 37.7 Å². The molecule has 0 aliphatic rings. The van der Waals surface area contributed by atoms with Crippen LogP contribution in [0.5, 0.6) is 0 Å². The summed E-state index contributed by atoms with van der Waals surface area (Å²) in [6, 6.07) is 6.01. The lowest BCUT2D eigenvalue weighted by Crippen LogP contribution is -2.17. The van der Waals surface area contributed by atoms with Crippen molar-refractivity contribution in [1.82, 2.24) is 5.32 Å². The Bertz CT molecular complexity index is 315. The largest absolute Gasteiger partial charge is 0.382 e. The zero-order valence-electron chi connectivity index (χ0n) is 10.1. The maximum absolute atomic E-state index is 5.90. The predicted octanol–water partition coefficient (Wildman–Crippen LogP) is 3.16. The highest BCUT2D eigenvalue weighted by molar-refractivity contribution is 6.30. The topological polar surface area (TPSA) is 21.3 Å². The Hall–Kier alpha value is -0.570. The molecule has 0 aliphatic carbocycles. The molecule has 0 saturated carbocycles. The molecule has 0 heterocycles. The van der Waals surface area contributed by atoms with Crippen molar-refractivity contribution in [2.45, 2.75) is 26.8 Å². The normalized spacial score (nSPS) is 10.7. The highest BCUT2D eigenvalue weighted by Crippen LogP contribution is 2.14. The van der Waals surface area contributed by atoms with Gasteiger partial charge in [0, 0.05) is 24.8 Å². The van der Waals surface area contributed by atoms with Crippen molar-refractivity contribution in [2.75, 3.05) is 19.8 Å². The van der Waals surface area contributed by atoms with Gasteiger partial charge in [-0.05, 0) is 50.1 Å². The number of hydrogen-bond donors (Lipinski definition) is 1. The lowest BCUT2D eigenvalue weighted by atomic mass is 10.1. The molecule has 0 aliphatic heterocycles. The van der Waals surface area contributed by atoms with Crippen LogP contribution < -0.4 is 5.32 Å². The lowest BCUT2D eigenvalue weighted by Gasteiger charge is -2.08. The Balaban J connectivity index is 2.21. The van der Waals surface area contributed by atoms with E-state index in [1.807, 2.05) is 19.1 Å². The summed E-state index contributed by atoms with van der Waals surface area (Å²) in [5.74, 6) is 0. The van der Waals surface area contributed by atoms with Gasteiger partial charge in [-0.1, -0.05) is 17.7 Å². The Morgan fingerprint density at radius 3 is 2.88 bits per heavy atom. The minimum atomic E-state index is 0.802. The van der Waals surface area contributed by atoms with Gasteiger partial charge in [-0.3, -0.25) is 0 Å². The van der Waals surface area contributed by atoms with E-state index in [-0.39, 0.29) is 0 Å². The molecule has 2 nitrogen and oxygen atoms in total. The van der Waals surface area contributed by atoms with Crippen LogP contribution in [0.1, 0.15) is 24.5 Å². The second kappa shape index (κ2) is 7.66. The van der Waals surface area contributed by atoms with Crippen molar-refractivity contribution in [3.8, 4) is 0 Å². The first-order valence-corrected chi connectivity index (χ1v) is 6.15. The van der Waals surface area contributed by atoms with Crippen molar-refractivity contribution in [3.63, 3.8) is 0 Å². The van der Waals surface area contributed by atoms with Crippen LogP contribution in [0.2, 0.25) is 5.02 Å². The van der Waals surface area contributed by atoms with E-state index in [1.165, 1.54) is 11.1 Å². The number of hydrogen-bond acceptors (Lipinski definition) is 2. The second-order valence-electron chi connectivity index (χ2n) is 3.80. The van der Waals surface area contributed by atoms with Crippen LogP contribution >= 0.6 is 11.6 Å². The molecule has 0 bridgehead atoms. The summed E-state index contributed by atoms with van der Waals surface area (Å²) in [6.45, 7) is 7.63. The Kier molecular flexibility index (Phi) is 6.46. The van der Waals surface area contributed by atoms with E-state index in [4.69, 9.17) is 16.3 Å². The Morgan fingerprint density at radius 1 is 1.38 bits per heavy atom. The van der Waals surface area contributed by atoms with Crippen molar-refractivity contribution in [2.24, 2.45) is 0 Å². The maximum Gasteiger partial charge on any atom is 0.0477 e. The lowest BCUT2D eigenvalue weighted by molar-refractivity contribution is 0.144. The summed E-state index contributed by atoms with van der Waals surface area (Å²) in [5.41, 5.74) is 2.55. The van der Waals surface area contributed by atoms with Gasteiger partial charge < -0.3 is 10.1 Å². The van der Waals surface area contributed by atoms with E-state index < -0.39 is 0 Å². The van der Waals surface area contributed by atoms with Crippen molar-refractivity contribution < 1.29 is 4.74 Å². The summed E-state index contributed by atoms with van der Waals surface area (Å²) in [7, 11) is 0. The van der Waals surface area contributed by atoms with E-state index in [9.17, 15) is 0 Å². The van der Waals surface area contributed by atoms with Crippen LogP contribution in [0.25, 0.3) is 0 Å². The summed E-state index contributed by atoms with van der Waals surface area (Å²) in [5, 5.41) is 4.20. The monoisotopic (exact) mass is 241 g/mol. The molecule has 0 unspecified atom stereocenters. The number of ether oxygens (including phenoxy) is 1. The first kappa shape index (κ1) is 13.5. The summed E-state index contributed by atoms with van der Waals surface area (Å²) in [4.78, 5) is 0. The average Bonchev–Trinajstić information content (AvgIpc) is 2.26. The molecule has 0 radical (unpaired) electrons. The minimum absolute atomic E-state index is 0.802. The number of aryl methyl sites for hydroxylation is 1. The molecule has 0 aromatic heterocycles. The Labute approximate surface area is 103 Å². The van der Waals surface area contributed by atoms with Gasteiger partial charge in [0.1, 0.15) is 0 Å². The molecule has 1 rings (SSSR count). The third kappa shape index (κ3) is 4.97. The minimum Gasteiger partial charge on any atom is -0.382 e. The first-order valence-electron chi connectivity index (χ1n) is 5.77. The van der Waals surface area contributed by atoms with Gasteiger partial charge in [-0.2, -0.15) is 0 Å². The molecule has 1 aromatic rings. The van der Waals surface area contributed by atoms with Crippen LogP contribution in [-0.4, -0.2) is 19.8 Å². The predicted molar refractivity (Wildman–Crippen MR) is 69.0 cm³/mol. The zero-order chi connectivity index (χ0) is 11.8. The van der Waals surface area contributed by atoms with Gasteiger partial charge in [0.05, 0.1) is 0 Å². The quantitative estimate of drug-likeness (QED) is 0.741. The first-order chi connectivity index (χ1) is 7.74. The third-order valence-corrected chi connectivity index (χ3v) is 2.70. The SMILES string of the molecule is CCOCCCNCc1ccc(Cl)cc1C. The number of halogens is 1. The second-order valence-corrected chi connectivity index (χ2v) is 4.23. The average molecular weight is 242 g/mol. The van der Waals surface area contributed by atoms with Crippen molar-refractivity contribution in [1.29, 1.82) is 0 Å². The molecule has 0 amide bonds. The fraction of sp³-hybridized carbons (Fsp3) is 0.538. The fourth-order valence-corrected chi connectivity index (χ4v) is 1.75. The summed E-state index contributed by atoms with van der Waals surface area (Å²) < 4.78 is 5.27. The van der Waals surface area contributed by atoms with Crippen LogP contribution in [-0.2, 0) is 11.3 Å². The highest BCUT2D eigenvalue weighted by atomic mass is 35.5. The van der Waals surface area contributed by atoms with Gasteiger partial charge in [-0.15, -0.1) is 0 Å². The van der Waals surface area contributed by atoms with Gasteiger partial charge in [0.25, 0.3) is 0 Å². The summed E-state index contributed by atoms with van der Waals surface area (Å²) in [6.07, 6.45) is 1.06. The smallest absolute Gasteiger partial charge is 0.0477 e. The van der Waals surface area contributed by atoms with Gasteiger partial charge in [-0.25, -0.2) is 0 Å². The molecule has 0 fully saturated rings. The highest BCUT2D eigenvalue weighted by Gasteiger charge is 1.98. The number of nitrogens with one attached hydrogen (secondary N) is 1. The summed E-state index contributed by atoms with van der Waals surface area (Å²) >= 11 is 5.90. The van der Waals surface area contributed by atoms with Crippen LogP contribution in [0.4, 0.5) is 0 Å². The number of rotatable bonds is 7. The van der Waals surface area contributed by atoms with Crippen LogP contribution in [0, 0.1) is 6.92 Å². The number of benzene rings is 1. The molecular weight excluding hydrogens is 222 g/mol. The standard InChI is InChI=1S/C13H20ClNO/c1-3-16-8-4-7-15-10-12-5-6-13(14)9-11(12)2/h5-6,9,15H,3-4,7-8,10H2,1-2H3. The Morgan fingerprint density at radius 2 is 2.19 bits per heavy atom. The zero-order valence-corrected chi connectivity index (χ0v) is 10.8. The molecule has 0 atom stereocenters. The van der Waals surface area contributed by atoms with Gasteiger partial charge >= 0.3 is 0 Å². The fourth-order valence-electron chi connectivity index (χ4n) is 1.52. The van der Waals surface area contributed by atoms with Gasteiger partial charge in [0.2, 0.25) is 0 Å². The maximum atomic E-state index is 5.90. The van der Waals surface area contributed by atoms with E-state index >= 15 is 0 Å². The van der Waals surface area contributed by atoms with Gasteiger partial charge in [0.15, 0.2) is 0 Å². The van der Waals surface area contributed by atoms with E-state index in [2.05, 4.69) is 18.3 Å². The molecular formula is C13H20ClNO. The van der Waals surface area contributed by atoms with Crippen LogP contribution in [0.3, 0.4) is 0 Å². The molecule has 1 aromatic carbocycles. The molecule has 0 saturated heterocycles. The van der Waals surface area contributed by atoms with E-state index in [1.54, 1.807) is 0 Å². The molecule has 90 valence electrons. The molecule has 1 N–H and O–H groups in total. The molecule has 0 spiro atoms. The van der Waals surface area contributed by atoms with Crippen molar-refractivity contribution in [3.05, 3.63) is 34.3 Å².